The second kappa shape index (κ2) is 8.10. The quantitative estimate of drug-likeness (QED) is 0.633. The Balaban J connectivity index is 1.33. The molecule has 0 saturated carbocycles. The van der Waals surface area contributed by atoms with E-state index in [0.29, 0.717) is 31.3 Å². The summed E-state index contributed by atoms with van der Waals surface area (Å²) in [4.78, 5) is 13.2. The molecule has 2 aromatic rings. The molecular weight excluding hydrogens is 369 g/mol. The van der Waals surface area contributed by atoms with E-state index in [4.69, 9.17) is 15.2 Å². The third-order valence-electron chi connectivity index (χ3n) is 4.70. The summed E-state index contributed by atoms with van der Waals surface area (Å²) >= 11 is 1.65. The Labute approximate surface area is 161 Å². The highest BCUT2D eigenvalue weighted by Crippen LogP contribution is 2.29. The molecule has 1 fully saturated rings. The first-order valence-electron chi connectivity index (χ1n) is 8.92. The fourth-order valence-electron chi connectivity index (χ4n) is 3.33. The molecular formula is C18H22FN5O2S. The molecule has 0 atom stereocenters. The Hall–Kier alpha value is -2.39. The number of aromatic nitrogens is 1. The summed E-state index contributed by atoms with van der Waals surface area (Å²) in [5.41, 5.74) is 7.71. The van der Waals surface area contributed by atoms with Crippen molar-refractivity contribution in [3.8, 4) is 5.75 Å². The van der Waals surface area contributed by atoms with E-state index in [9.17, 15) is 4.39 Å². The first-order chi connectivity index (χ1) is 13.2. The van der Waals surface area contributed by atoms with E-state index in [2.05, 4.69) is 19.8 Å². The van der Waals surface area contributed by atoms with Crippen LogP contribution in [-0.4, -0.2) is 55.4 Å². The number of aliphatic imine (C=N–C) groups is 1. The lowest BCUT2D eigenvalue weighted by atomic mass is 10.1. The fraction of sp³-hybridized carbons (Fsp3) is 0.444. The summed E-state index contributed by atoms with van der Waals surface area (Å²) in [7, 11) is 0. The normalized spacial score (nSPS) is 17.6. The molecule has 9 heteroatoms. The molecule has 2 N–H and O–H groups in total. The number of hydrogen-bond acceptors (Lipinski definition) is 6. The van der Waals surface area contributed by atoms with E-state index in [1.165, 1.54) is 12.1 Å². The van der Waals surface area contributed by atoms with Crippen LogP contribution in [-0.2, 0) is 17.8 Å². The summed E-state index contributed by atoms with van der Waals surface area (Å²) in [6.45, 7) is 4.41. The van der Waals surface area contributed by atoms with Gasteiger partial charge in [-0.15, -0.1) is 11.3 Å². The first kappa shape index (κ1) is 18.0. The van der Waals surface area contributed by atoms with E-state index >= 15 is 0 Å². The van der Waals surface area contributed by atoms with Gasteiger partial charge < -0.3 is 25.0 Å². The molecule has 1 aromatic carbocycles. The van der Waals surface area contributed by atoms with E-state index in [1.54, 1.807) is 11.3 Å². The summed E-state index contributed by atoms with van der Waals surface area (Å²) in [6, 6.07) is 2.96. The maximum absolute atomic E-state index is 13.8. The van der Waals surface area contributed by atoms with Gasteiger partial charge >= 0.3 is 0 Å². The van der Waals surface area contributed by atoms with Crippen LogP contribution < -0.4 is 15.4 Å². The Morgan fingerprint density at radius 2 is 2.15 bits per heavy atom. The van der Waals surface area contributed by atoms with Crippen molar-refractivity contribution in [3.05, 3.63) is 40.7 Å². The zero-order valence-corrected chi connectivity index (χ0v) is 15.8. The maximum Gasteiger partial charge on any atom is 0.191 e. The monoisotopic (exact) mass is 391 g/mol. The van der Waals surface area contributed by atoms with Crippen LogP contribution in [0.5, 0.6) is 5.75 Å². The molecule has 2 aliphatic rings. The smallest absolute Gasteiger partial charge is 0.191 e. The number of ether oxygens (including phenoxy) is 2. The average Bonchev–Trinajstić information content (AvgIpc) is 3.22. The summed E-state index contributed by atoms with van der Waals surface area (Å²) in [6.07, 6.45) is 2.39. The van der Waals surface area contributed by atoms with Crippen LogP contribution in [0.15, 0.2) is 28.7 Å². The van der Waals surface area contributed by atoms with Gasteiger partial charge in [-0.2, -0.15) is 0 Å². The number of anilines is 1. The van der Waals surface area contributed by atoms with Gasteiger partial charge in [0.05, 0.1) is 6.61 Å². The Morgan fingerprint density at radius 3 is 2.93 bits per heavy atom. The molecule has 0 spiro atoms. The predicted octanol–water partition coefficient (Wildman–Crippen LogP) is 1.83. The lowest BCUT2D eigenvalue weighted by Gasteiger charge is -2.35. The van der Waals surface area contributed by atoms with E-state index in [-0.39, 0.29) is 12.6 Å². The van der Waals surface area contributed by atoms with Crippen LogP contribution in [0.1, 0.15) is 11.1 Å². The molecule has 0 amide bonds. The number of halogens is 1. The van der Waals surface area contributed by atoms with Crippen LogP contribution >= 0.6 is 11.3 Å². The SMILES string of the molecule is NC(=NCCc1cc(F)cc2c1OCOC2)N1CCN(c2nccs2)CC1. The minimum atomic E-state index is -0.284. The number of guanidine groups is 1. The molecule has 144 valence electrons. The highest BCUT2D eigenvalue weighted by atomic mass is 32.1. The van der Waals surface area contributed by atoms with E-state index < -0.39 is 0 Å². The molecule has 3 heterocycles. The lowest BCUT2D eigenvalue weighted by molar-refractivity contribution is -0.0172. The van der Waals surface area contributed by atoms with E-state index in [0.717, 1.165) is 42.4 Å². The summed E-state index contributed by atoms with van der Waals surface area (Å²) in [5.74, 6) is 0.963. The largest absolute Gasteiger partial charge is 0.467 e. The highest BCUT2D eigenvalue weighted by Gasteiger charge is 2.20. The zero-order valence-electron chi connectivity index (χ0n) is 14.9. The third kappa shape index (κ3) is 4.14. The van der Waals surface area contributed by atoms with Gasteiger partial charge in [-0.25, -0.2) is 9.37 Å². The summed E-state index contributed by atoms with van der Waals surface area (Å²) < 4.78 is 24.5. The molecule has 1 saturated heterocycles. The van der Waals surface area contributed by atoms with Gasteiger partial charge in [0.1, 0.15) is 11.6 Å². The maximum atomic E-state index is 13.8. The van der Waals surface area contributed by atoms with Crippen molar-refractivity contribution in [2.75, 3.05) is 44.4 Å². The first-order valence-corrected chi connectivity index (χ1v) is 9.80. The van der Waals surface area contributed by atoms with Gasteiger partial charge in [0.15, 0.2) is 17.9 Å². The number of piperazine rings is 1. The standard InChI is InChI=1S/C18H22FN5O2S/c19-15-9-13(16-14(10-15)11-25-12-26-16)1-2-21-17(20)23-4-6-24(7-5-23)18-22-3-8-27-18/h3,8-10H,1-2,4-7,11-12H2,(H2,20,21). The van der Waals surface area contributed by atoms with Crippen molar-refractivity contribution in [3.63, 3.8) is 0 Å². The lowest BCUT2D eigenvalue weighted by Crippen LogP contribution is -2.51. The Bertz CT molecular complexity index is 806. The molecule has 0 bridgehead atoms. The number of nitrogens with zero attached hydrogens (tertiary/aromatic N) is 4. The van der Waals surface area contributed by atoms with Crippen molar-refractivity contribution < 1.29 is 13.9 Å². The highest BCUT2D eigenvalue weighted by molar-refractivity contribution is 7.13. The third-order valence-corrected chi connectivity index (χ3v) is 5.53. The molecule has 0 radical (unpaired) electrons. The number of benzene rings is 1. The van der Waals surface area contributed by atoms with Crippen molar-refractivity contribution in [2.45, 2.75) is 13.0 Å². The van der Waals surface area contributed by atoms with Gasteiger partial charge in [-0.3, -0.25) is 4.99 Å². The number of nitrogens with two attached hydrogens (primary N) is 1. The van der Waals surface area contributed by atoms with E-state index in [1.807, 2.05) is 11.6 Å². The van der Waals surface area contributed by atoms with Crippen molar-refractivity contribution in [1.82, 2.24) is 9.88 Å². The minimum Gasteiger partial charge on any atom is -0.467 e. The van der Waals surface area contributed by atoms with Crippen LogP contribution in [0.4, 0.5) is 9.52 Å². The molecule has 27 heavy (non-hydrogen) atoms. The fourth-order valence-corrected chi connectivity index (χ4v) is 4.03. The molecule has 7 nitrogen and oxygen atoms in total. The average molecular weight is 391 g/mol. The zero-order chi connectivity index (χ0) is 18.6. The van der Waals surface area contributed by atoms with Crippen molar-refractivity contribution >= 4 is 22.4 Å². The molecule has 0 aliphatic carbocycles. The van der Waals surface area contributed by atoms with Crippen LogP contribution in [0.2, 0.25) is 0 Å². The Kier molecular flexibility index (Phi) is 5.40. The molecule has 1 aromatic heterocycles. The number of rotatable bonds is 4. The van der Waals surface area contributed by atoms with Crippen molar-refractivity contribution in [2.24, 2.45) is 10.7 Å². The Morgan fingerprint density at radius 1 is 1.30 bits per heavy atom. The molecule has 4 rings (SSSR count). The molecule has 2 aliphatic heterocycles. The van der Waals surface area contributed by atoms with Gasteiger partial charge in [-0.1, -0.05) is 0 Å². The van der Waals surface area contributed by atoms with Crippen LogP contribution in [0.3, 0.4) is 0 Å². The van der Waals surface area contributed by atoms with Gasteiger partial charge in [0, 0.05) is 49.9 Å². The number of fused-ring (bicyclic) bond motifs is 1. The van der Waals surface area contributed by atoms with Gasteiger partial charge in [0.25, 0.3) is 0 Å². The van der Waals surface area contributed by atoms with Crippen molar-refractivity contribution in [1.29, 1.82) is 0 Å². The summed E-state index contributed by atoms with van der Waals surface area (Å²) in [5, 5.41) is 3.03. The number of hydrogen-bond donors (Lipinski definition) is 1. The second-order valence-electron chi connectivity index (χ2n) is 6.44. The second-order valence-corrected chi connectivity index (χ2v) is 7.32. The van der Waals surface area contributed by atoms with Gasteiger partial charge in [-0.05, 0) is 24.1 Å². The predicted molar refractivity (Wildman–Crippen MR) is 103 cm³/mol. The van der Waals surface area contributed by atoms with Crippen LogP contribution in [0, 0.1) is 5.82 Å². The topological polar surface area (TPSA) is 76.2 Å². The van der Waals surface area contributed by atoms with Crippen LogP contribution in [0.25, 0.3) is 0 Å². The number of thiazole rings is 1. The minimum absolute atomic E-state index is 0.195. The van der Waals surface area contributed by atoms with Gasteiger partial charge in [0.2, 0.25) is 0 Å². The molecule has 0 unspecified atom stereocenters.